The minimum absolute atomic E-state index is 0.381. The van der Waals surface area contributed by atoms with Gasteiger partial charge < -0.3 is 45.6 Å². The van der Waals surface area contributed by atoms with Gasteiger partial charge in [0.05, 0.1) is 21.5 Å². The Balaban J connectivity index is 2.00. The van der Waals surface area contributed by atoms with Crippen molar-refractivity contribution >= 4 is 21.5 Å². The maximum Gasteiger partial charge on any atom is 0.277 e. The van der Waals surface area contributed by atoms with Crippen LogP contribution in [-0.2, 0) is 0 Å². The van der Waals surface area contributed by atoms with Crippen molar-refractivity contribution in [1.82, 2.24) is 0 Å². The van der Waals surface area contributed by atoms with Crippen LogP contribution in [0.2, 0.25) is 0 Å². The normalized spacial score (nSPS) is 14.6. The highest BCUT2D eigenvalue weighted by molar-refractivity contribution is 6.08. The molecule has 0 radical (unpaired) electrons. The van der Waals surface area contributed by atoms with E-state index in [1.807, 2.05) is 0 Å². The first kappa shape index (κ1) is 21.6. The number of ether oxygens (including phenoxy) is 1. The maximum absolute atomic E-state index is 12.4. The lowest BCUT2D eigenvalue weighted by atomic mass is 9.84. The lowest BCUT2D eigenvalue weighted by Crippen LogP contribution is -2.46. The smallest absolute Gasteiger partial charge is 0.277 e. The highest BCUT2D eigenvalue weighted by Crippen LogP contribution is 2.63. The molecule has 1 aliphatic rings. The van der Waals surface area contributed by atoms with Crippen molar-refractivity contribution in [3.8, 4) is 57.5 Å². The van der Waals surface area contributed by atoms with Crippen molar-refractivity contribution < 1.29 is 45.6 Å². The quantitative estimate of drug-likeness (QED) is 0.0947. The molecule has 1 aliphatic heterocycles. The van der Waals surface area contributed by atoms with E-state index in [0.29, 0.717) is 0 Å². The number of rotatable bonds is 0. The Bertz CT molecular complexity index is 1900. The molecule has 0 amide bonds. The summed E-state index contributed by atoms with van der Waals surface area (Å²) in [5.41, 5.74) is -7.44. The van der Waals surface area contributed by atoms with E-state index in [9.17, 15) is 60.0 Å². The van der Waals surface area contributed by atoms with Gasteiger partial charge in [0.25, 0.3) is 10.9 Å². The fourth-order valence-electron chi connectivity index (χ4n) is 4.49. The maximum atomic E-state index is 12.4. The van der Waals surface area contributed by atoms with Gasteiger partial charge in [-0.1, -0.05) is 6.92 Å². The molecule has 4 aromatic carbocycles. The van der Waals surface area contributed by atoms with E-state index >= 15 is 0 Å². The number of fused-ring (bicyclic) bond motifs is 4. The molecule has 0 aliphatic carbocycles. The van der Waals surface area contributed by atoms with Gasteiger partial charge in [-0.3, -0.25) is 19.2 Å². The van der Waals surface area contributed by atoms with Crippen LogP contribution >= 0.6 is 0 Å². The van der Waals surface area contributed by atoms with Crippen LogP contribution in [0.5, 0.6) is 57.5 Å². The number of phenolic OH excluding ortho intramolecular Hbond substituents is 8. The van der Waals surface area contributed by atoms with Crippen molar-refractivity contribution in [2.24, 2.45) is 0 Å². The van der Waals surface area contributed by atoms with E-state index in [2.05, 4.69) is 0 Å². The summed E-state index contributed by atoms with van der Waals surface area (Å²) < 4.78 is 5.44. The molecule has 8 N–H and O–H groups in total. The molecule has 1 heterocycles. The minimum atomic E-state index is -1.75. The van der Waals surface area contributed by atoms with Crippen molar-refractivity contribution in [2.75, 3.05) is 0 Å². The molecule has 0 aromatic heterocycles. The number of hydrogen-bond donors (Lipinski definition) is 8. The Morgan fingerprint density at radius 1 is 0.457 bits per heavy atom. The van der Waals surface area contributed by atoms with Gasteiger partial charge in [0, 0.05) is 17.0 Å². The molecule has 178 valence electrons. The third-order valence-corrected chi connectivity index (χ3v) is 6.17. The molecule has 5 rings (SSSR count). The van der Waals surface area contributed by atoms with Gasteiger partial charge in [-0.05, 0) is 0 Å². The molecule has 0 fully saturated rings. The summed E-state index contributed by atoms with van der Waals surface area (Å²) in [6, 6.07) is 0. The van der Waals surface area contributed by atoms with Crippen LogP contribution in [0.1, 0.15) is 24.0 Å². The fraction of sp³-hybridized carbons (Fsp3) is 0.0909. The zero-order valence-electron chi connectivity index (χ0n) is 17.2. The summed E-state index contributed by atoms with van der Waals surface area (Å²) in [6.07, 6.45) is 0. The van der Waals surface area contributed by atoms with E-state index < -0.39 is 112 Å². The molecule has 13 heteroatoms. The molecule has 0 saturated carbocycles. The lowest BCUT2D eigenvalue weighted by Gasteiger charge is -2.29. The Morgan fingerprint density at radius 3 is 1.26 bits per heavy atom. The molecule has 13 nitrogen and oxygen atoms in total. The van der Waals surface area contributed by atoms with Gasteiger partial charge in [-0.25, -0.2) is 0 Å². The highest BCUT2D eigenvalue weighted by atomic mass is 16.5. The van der Waals surface area contributed by atoms with Crippen LogP contribution in [0.15, 0.2) is 19.2 Å². The Kier molecular flexibility index (Phi) is 3.98. The first-order chi connectivity index (χ1) is 16.3. The van der Waals surface area contributed by atoms with Gasteiger partial charge >= 0.3 is 0 Å². The third-order valence-electron chi connectivity index (χ3n) is 6.17. The van der Waals surface area contributed by atoms with E-state index in [-0.39, 0.29) is 5.56 Å². The van der Waals surface area contributed by atoms with Crippen molar-refractivity contribution in [1.29, 1.82) is 0 Å². The Morgan fingerprint density at radius 2 is 0.800 bits per heavy atom. The van der Waals surface area contributed by atoms with Crippen LogP contribution in [0.25, 0.3) is 21.5 Å². The second kappa shape index (κ2) is 6.44. The molecule has 1 atom stereocenters. The summed E-state index contributed by atoms with van der Waals surface area (Å²) in [5.74, 6) is -11.5. The lowest BCUT2D eigenvalue weighted by molar-refractivity contribution is 0.343. The third kappa shape index (κ3) is 2.30. The van der Waals surface area contributed by atoms with Gasteiger partial charge in [0.1, 0.15) is 11.5 Å². The number of hydrogen-bond acceptors (Lipinski definition) is 13. The number of aromatic hydroxyl groups is 8. The van der Waals surface area contributed by atoms with Crippen LogP contribution < -0.4 is 26.5 Å². The predicted molar refractivity (Wildman–Crippen MR) is 116 cm³/mol. The molecule has 35 heavy (non-hydrogen) atoms. The van der Waals surface area contributed by atoms with Crippen molar-refractivity contribution in [3.63, 3.8) is 0 Å². The van der Waals surface area contributed by atoms with E-state index in [0.717, 1.165) is 0 Å². The number of benzene rings is 4. The molecule has 4 aromatic rings. The standard InChI is InChI=1S/C22H12O13/c1-2-3-9(23)5-7(13(27)19(33)17(31)11(5)25)15(29)21(3)35-22-4(2)10(24)6-8(16(22)30)14(28)20(34)18(32)12(6)26/h2,23-25,27,29-31,33H,1H3. The van der Waals surface area contributed by atoms with Crippen LogP contribution in [0.4, 0.5) is 0 Å². The zero-order valence-corrected chi connectivity index (χ0v) is 17.2. The van der Waals surface area contributed by atoms with E-state index in [1.54, 1.807) is 0 Å². The molecule has 0 spiro atoms. The molecular formula is C22H12O13. The average molecular weight is 484 g/mol. The number of phenols is 8. The second-order valence-corrected chi connectivity index (χ2v) is 7.91. The molecule has 0 saturated heterocycles. The first-order valence-electron chi connectivity index (χ1n) is 9.67. The Labute approximate surface area is 190 Å². The minimum Gasteiger partial charge on any atom is -0.507 e. The first-order valence-corrected chi connectivity index (χ1v) is 9.67. The largest absolute Gasteiger partial charge is 0.507 e. The van der Waals surface area contributed by atoms with Gasteiger partial charge in [0.15, 0.2) is 34.5 Å². The zero-order chi connectivity index (χ0) is 25.8. The monoisotopic (exact) mass is 484 g/mol. The van der Waals surface area contributed by atoms with Gasteiger partial charge in [0.2, 0.25) is 22.4 Å². The summed E-state index contributed by atoms with van der Waals surface area (Å²) >= 11 is 0. The van der Waals surface area contributed by atoms with Crippen molar-refractivity contribution in [3.05, 3.63) is 52.0 Å². The van der Waals surface area contributed by atoms with Crippen molar-refractivity contribution in [2.45, 2.75) is 12.8 Å². The summed E-state index contributed by atoms with van der Waals surface area (Å²) in [5, 5.41) is 79.9. The van der Waals surface area contributed by atoms with E-state index in [4.69, 9.17) is 4.74 Å². The van der Waals surface area contributed by atoms with E-state index in [1.165, 1.54) is 6.92 Å². The summed E-state index contributed by atoms with van der Waals surface area (Å²) in [7, 11) is 0. The predicted octanol–water partition coefficient (Wildman–Crippen LogP) is 0.212. The Hall–Kier alpha value is -5.20. The second-order valence-electron chi connectivity index (χ2n) is 7.91. The van der Waals surface area contributed by atoms with Gasteiger partial charge in [-0.15, -0.1) is 0 Å². The summed E-state index contributed by atoms with van der Waals surface area (Å²) in [6.45, 7) is 1.27. The fourth-order valence-corrected chi connectivity index (χ4v) is 4.49. The SMILES string of the molecule is CC1c2c(c(O)c3c(O)c(O)c(O)c(O)c3c2O)Oc2c1c(O)c1c(=O)c(=O)c(=O)c(=O)c1c2O. The topological polar surface area (TPSA) is 239 Å². The van der Waals surface area contributed by atoms with Crippen LogP contribution in [-0.4, -0.2) is 40.9 Å². The van der Waals surface area contributed by atoms with Crippen LogP contribution in [0, 0.1) is 0 Å². The van der Waals surface area contributed by atoms with Crippen LogP contribution in [0.3, 0.4) is 0 Å². The molecular weight excluding hydrogens is 472 g/mol. The van der Waals surface area contributed by atoms with Gasteiger partial charge in [-0.2, -0.15) is 0 Å². The summed E-state index contributed by atoms with van der Waals surface area (Å²) in [4.78, 5) is 48.5. The highest BCUT2D eigenvalue weighted by Gasteiger charge is 2.40. The average Bonchev–Trinajstić information content (AvgIpc) is 2.82. The molecule has 1 unspecified atom stereocenters. The molecule has 0 bridgehead atoms.